The first-order valence-corrected chi connectivity index (χ1v) is 18.4. The highest BCUT2D eigenvalue weighted by atomic mass is 28.4. The van der Waals surface area contributed by atoms with Crippen LogP contribution in [0.5, 0.6) is 11.5 Å². The monoisotopic (exact) mass is 604 g/mol. The van der Waals surface area contributed by atoms with Gasteiger partial charge >= 0.3 is 5.97 Å². The van der Waals surface area contributed by atoms with Crippen LogP contribution in [0.3, 0.4) is 0 Å². The van der Waals surface area contributed by atoms with Gasteiger partial charge in [-0.2, -0.15) is 0 Å². The largest absolute Gasteiger partial charge is 0.496 e. The lowest BCUT2D eigenvalue weighted by Crippen LogP contribution is -2.43. The van der Waals surface area contributed by atoms with Crippen LogP contribution in [-0.2, 0) is 33.2 Å². The summed E-state index contributed by atoms with van der Waals surface area (Å²) in [5, 5.41) is 0.0481. The quantitative estimate of drug-likeness (QED) is 0.128. The minimum atomic E-state index is -2.18. The molecule has 0 heterocycles. The summed E-state index contributed by atoms with van der Waals surface area (Å²) in [4.78, 5) is 11.8. The Labute approximate surface area is 261 Å². The standard InChI is InChI=1S/C37H52O5Si/c1-27-33(39-5)25-32(26-34(27)40-6)36(42-43(8,9)37(2,3)4)31(20-14-17-28-15-11-10-12-16-28)24-30-19-13-18-29(23-30)21-22-35(38)41-7/h10-13,15-16,18-19,23,25-26,31,36H,14,17,20-22,24H2,1-9H3/t31-,36-/m0/s1. The molecule has 0 saturated heterocycles. The molecule has 0 bridgehead atoms. The number of carbonyl (C=O) groups is 1. The van der Waals surface area contributed by atoms with Crippen molar-refractivity contribution in [2.24, 2.45) is 5.92 Å². The first-order chi connectivity index (χ1) is 20.4. The van der Waals surface area contributed by atoms with Gasteiger partial charge in [-0.1, -0.05) is 75.4 Å². The van der Waals surface area contributed by atoms with Crippen LogP contribution >= 0.6 is 0 Å². The summed E-state index contributed by atoms with van der Waals surface area (Å²) in [6.45, 7) is 13.6. The first kappa shape index (κ1) is 34.4. The van der Waals surface area contributed by atoms with Gasteiger partial charge in [0.05, 0.1) is 27.4 Å². The molecule has 0 unspecified atom stereocenters. The Hall–Kier alpha value is -3.09. The lowest BCUT2D eigenvalue weighted by molar-refractivity contribution is -0.140. The number of benzene rings is 3. The molecule has 0 aromatic heterocycles. The van der Waals surface area contributed by atoms with Gasteiger partial charge in [0.1, 0.15) is 11.5 Å². The van der Waals surface area contributed by atoms with Crippen molar-refractivity contribution in [1.82, 2.24) is 0 Å². The lowest BCUT2D eigenvalue weighted by Gasteiger charge is -2.42. The molecule has 0 aliphatic rings. The molecular weight excluding hydrogens is 552 g/mol. The summed E-state index contributed by atoms with van der Waals surface area (Å²) in [5.74, 6) is 1.65. The number of rotatable bonds is 15. The van der Waals surface area contributed by atoms with E-state index in [4.69, 9.17) is 18.6 Å². The number of carbonyl (C=O) groups excluding carboxylic acids is 1. The second-order valence-electron chi connectivity index (χ2n) is 13.1. The third-order valence-electron chi connectivity index (χ3n) is 8.98. The van der Waals surface area contributed by atoms with Gasteiger partial charge in [0.25, 0.3) is 0 Å². The molecule has 0 spiro atoms. The molecule has 0 fully saturated rings. The number of hydrogen-bond acceptors (Lipinski definition) is 5. The van der Waals surface area contributed by atoms with Gasteiger partial charge in [0, 0.05) is 12.0 Å². The maximum atomic E-state index is 11.8. The molecule has 0 radical (unpaired) electrons. The summed E-state index contributed by atoms with van der Waals surface area (Å²) in [6.07, 6.45) is 4.82. The van der Waals surface area contributed by atoms with Crippen molar-refractivity contribution in [1.29, 1.82) is 0 Å². The highest BCUT2D eigenvalue weighted by Gasteiger charge is 2.41. The van der Waals surface area contributed by atoms with Gasteiger partial charge in [-0.25, -0.2) is 0 Å². The van der Waals surface area contributed by atoms with Crippen molar-refractivity contribution in [2.45, 2.75) is 90.5 Å². The number of ether oxygens (including phenoxy) is 3. The van der Waals surface area contributed by atoms with E-state index in [1.807, 2.05) is 6.92 Å². The molecule has 0 amide bonds. The Morgan fingerprint density at radius 1 is 0.814 bits per heavy atom. The van der Waals surface area contributed by atoms with E-state index in [0.29, 0.717) is 12.8 Å². The van der Waals surface area contributed by atoms with E-state index in [1.54, 1.807) is 14.2 Å². The smallest absolute Gasteiger partial charge is 0.305 e. The second kappa shape index (κ2) is 15.6. The molecule has 234 valence electrons. The zero-order chi connectivity index (χ0) is 31.6. The number of esters is 1. The van der Waals surface area contributed by atoms with Crippen molar-refractivity contribution < 1.29 is 23.4 Å². The third-order valence-corrected chi connectivity index (χ3v) is 13.4. The van der Waals surface area contributed by atoms with Crippen LogP contribution in [0.25, 0.3) is 0 Å². The molecule has 0 saturated carbocycles. The van der Waals surface area contributed by atoms with E-state index in [0.717, 1.165) is 53.9 Å². The fraction of sp³-hybridized carbons (Fsp3) is 0.486. The summed E-state index contributed by atoms with van der Waals surface area (Å²) in [5.41, 5.74) is 5.83. The van der Waals surface area contributed by atoms with Crippen molar-refractivity contribution >= 4 is 14.3 Å². The van der Waals surface area contributed by atoms with Crippen LogP contribution in [0.2, 0.25) is 18.1 Å². The van der Waals surface area contributed by atoms with Crippen molar-refractivity contribution in [3.05, 3.63) is 94.5 Å². The summed E-state index contributed by atoms with van der Waals surface area (Å²) in [7, 11) is 2.69. The number of hydrogen-bond donors (Lipinski definition) is 0. The second-order valence-corrected chi connectivity index (χ2v) is 17.8. The number of methoxy groups -OCH3 is 3. The van der Waals surface area contributed by atoms with Gasteiger partial charge in [-0.3, -0.25) is 4.79 Å². The number of aryl methyl sites for hydroxylation is 2. The van der Waals surface area contributed by atoms with Crippen LogP contribution < -0.4 is 9.47 Å². The van der Waals surface area contributed by atoms with Crippen LogP contribution in [0.4, 0.5) is 0 Å². The van der Waals surface area contributed by atoms with Gasteiger partial charge < -0.3 is 18.6 Å². The maximum Gasteiger partial charge on any atom is 0.305 e. The van der Waals surface area contributed by atoms with Gasteiger partial charge in [0.2, 0.25) is 0 Å². The zero-order valence-corrected chi connectivity index (χ0v) is 28.8. The molecule has 3 aromatic carbocycles. The Morgan fingerprint density at radius 3 is 2.00 bits per heavy atom. The summed E-state index contributed by atoms with van der Waals surface area (Å²) < 4.78 is 23.9. The Bertz CT molecular complexity index is 1290. The highest BCUT2D eigenvalue weighted by molar-refractivity contribution is 6.74. The average Bonchev–Trinajstić information content (AvgIpc) is 2.98. The van der Waals surface area contributed by atoms with Crippen LogP contribution in [0.1, 0.15) is 74.0 Å². The average molecular weight is 605 g/mol. The van der Waals surface area contributed by atoms with Crippen molar-refractivity contribution in [2.75, 3.05) is 21.3 Å². The van der Waals surface area contributed by atoms with E-state index in [9.17, 15) is 4.79 Å². The van der Waals surface area contributed by atoms with Gasteiger partial charge in [-0.05, 0) is 97.5 Å². The predicted octanol–water partition coefficient (Wildman–Crippen LogP) is 9.06. The van der Waals surface area contributed by atoms with E-state index in [2.05, 4.69) is 101 Å². The minimum Gasteiger partial charge on any atom is -0.496 e. The molecule has 43 heavy (non-hydrogen) atoms. The first-order valence-electron chi connectivity index (χ1n) is 15.5. The van der Waals surface area contributed by atoms with E-state index < -0.39 is 8.32 Å². The fourth-order valence-electron chi connectivity index (χ4n) is 5.34. The molecule has 3 rings (SSSR count). The molecule has 2 atom stereocenters. The molecule has 5 nitrogen and oxygen atoms in total. The highest BCUT2D eigenvalue weighted by Crippen LogP contribution is 2.45. The van der Waals surface area contributed by atoms with Crippen LogP contribution in [0, 0.1) is 12.8 Å². The molecule has 0 aliphatic heterocycles. The van der Waals surface area contributed by atoms with Gasteiger partial charge in [-0.15, -0.1) is 0 Å². The van der Waals surface area contributed by atoms with Crippen LogP contribution in [0.15, 0.2) is 66.7 Å². The van der Waals surface area contributed by atoms with Gasteiger partial charge in [0.15, 0.2) is 8.32 Å². The molecule has 0 aliphatic carbocycles. The van der Waals surface area contributed by atoms with E-state index in [-0.39, 0.29) is 23.0 Å². The fourth-order valence-corrected chi connectivity index (χ4v) is 6.66. The zero-order valence-electron chi connectivity index (χ0n) is 27.8. The normalized spacial score (nSPS) is 13.3. The van der Waals surface area contributed by atoms with Crippen molar-refractivity contribution in [3.8, 4) is 11.5 Å². The summed E-state index contributed by atoms with van der Waals surface area (Å²) >= 11 is 0. The molecule has 3 aromatic rings. The Balaban J connectivity index is 2.06. The van der Waals surface area contributed by atoms with Crippen LogP contribution in [-0.4, -0.2) is 35.6 Å². The Morgan fingerprint density at radius 2 is 1.42 bits per heavy atom. The van der Waals surface area contributed by atoms with Crippen molar-refractivity contribution in [3.63, 3.8) is 0 Å². The minimum absolute atomic E-state index is 0.0481. The third kappa shape index (κ3) is 9.70. The Kier molecular flexibility index (Phi) is 12.5. The summed E-state index contributed by atoms with van der Waals surface area (Å²) in [6, 6.07) is 23.6. The molecule has 0 N–H and O–H groups in total. The van der Waals surface area contributed by atoms with E-state index >= 15 is 0 Å². The topological polar surface area (TPSA) is 54.0 Å². The predicted molar refractivity (Wildman–Crippen MR) is 179 cm³/mol. The lowest BCUT2D eigenvalue weighted by atomic mass is 9.84. The molecular formula is C37H52O5Si. The molecule has 6 heteroatoms. The maximum absolute atomic E-state index is 11.8. The SMILES string of the molecule is COC(=O)CCc1cccc(C[C@H](CCCc2ccccc2)[C@H](O[Si](C)(C)C(C)(C)C)c2cc(OC)c(C)c(OC)c2)c1. The van der Waals surface area contributed by atoms with E-state index in [1.165, 1.54) is 18.2 Å².